The van der Waals surface area contributed by atoms with Gasteiger partial charge in [-0.05, 0) is 42.7 Å². The fourth-order valence-electron chi connectivity index (χ4n) is 2.97. The summed E-state index contributed by atoms with van der Waals surface area (Å²) in [7, 11) is 0. The highest BCUT2D eigenvalue weighted by Crippen LogP contribution is 2.28. The van der Waals surface area contributed by atoms with E-state index >= 15 is 0 Å². The number of hydrogen-bond donors (Lipinski definition) is 1. The van der Waals surface area contributed by atoms with Crippen molar-refractivity contribution in [2.75, 3.05) is 0 Å². The van der Waals surface area contributed by atoms with Gasteiger partial charge in [0.2, 0.25) is 5.43 Å². The number of benzene rings is 2. The third-order valence-corrected chi connectivity index (χ3v) is 4.99. The third kappa shape index (κ3) is 4.18. The molecular formula is C20H15Cl2NO5. The molecule has 0 saturated carbocycles. The second-order valence-corrected chi connectivity index (χ2v) is 7.05. The molecule has 0 aliphatic carbocycles. The van der Waals surface area contributed by atoms with Gasteiger partial charge in [-0.2, -0.15) is 0 Å². The standard InChI is InChI=1S/C20H15Cl2NO5/c1-11(24)9-23-10-17(28-20(26)27)19(25)14-8-12(5-6-16(14)23)7-13-3-2-4-15(21)18(13)22/h2-6,8,10H,7,9H2,1H3,(H,26,27). The number of fused-ring (bicyclic) bond motifs is 1. The Morgan fingerprint density at radius 1 is 1.18 bits per heavy atom. The van der Waals surface area contributed by atoms with Crippen LogP contribution in [0, 0.1) is 0 Å². The Morgan fingerprint density at radius 3 is 2.61 bits per heavy atom. The van der Waals surface area contributed by atoms with Gasteiger partial charge in [0.25, 0.3) is 0 Å². The highest BCUT2D eigenvalue weighted by molar-refractivity contribution is 6.42. The Bertz CT molecular complexity index is 1150. The van der Waals surface area contributed by atoms with E-state index in [0.29, 0.717) is 22.0 Å². The second-order valence-electron chi connectivity index (χ2n) is 6.26. The van der Waals surface area contributed by atoms with Gasteiger partial charge in [0.05, 0.1) is 28.3 Å². The quantitative estimate of drug-likeness (QED) is 0.613. The van der Waals surface area contributed by atoms with Crippen molar-refractivity contribution in [1.29, 1.82) is 0 Å². The van der Waals surface area contributed by atoms with Crippen LogP contribution in [0.4, 0.5) is 4.79 Å². The lowest BCUT2D eigenvalue weighted by atomic mass is 10.0. The van der Waals surface area contributed by atoms with Crippen LogP contribution >= 0.6 is 23.2 Å². The summed E-state index contributed by atoms with van der Waals surface area (Å²) in [5.41, 5.74) is 1.49. The number of ketones is 1. The number of aromatic nitrogens is 1. The van der Waals surface area contributed by atoms with Crippen LogP contribution in [0.5, 0.6) is 5.75 Å². The maximum Gasteiger partial charge on any atom is 0.511 e. The molecule has 3 rings (SSSR count). The summed E-state index contributed by atoms with van der Waals surface area (Å²) in [6, 6.07) is 10.5. The Balaban J connectivity index is 2.14. The fraction of sp³-hybridized carbons (Fsp3) is 0.150. The molecular weight excluding hydrogens is 405 g/mol. The lowest BCUT2D eigenvalue weighted by Gasteiger charge is -2.13. The summed E-state index contributed by atoms with van der Waals surface area (Å²) in [5.74, 6) is -0.514. The number of nitrogens with zero attached hydrogens (tertiary/aromatic N) is 1. The minimum absolute atomic E-state index is 0.0216. The van der Waals surface area contributed by atoms with Crippen LogP contribution in [0.2, 0.25) is 10.0 Å². The van der Waals surface area contributed by atoms with E-state index in [1.54, 1.807) is 24.3 Å². The minimum Gasteiger partial charge on any atom is -0.449 e. The number of halogens is 2. The maximum atomic E-state index is 12.7. The molecule has 0 spiro atoms. The van der Waals surface area contributed by atoms with Crippen molar-refractivity contribution in [2.24, 2.45) is 0 Å². The number of ether oxygens (including phenoxy) is 1. The SMILES string of the molecule is CC(=O)Cn1cc(OC(=O)O)c(=O)c2cc(Cc3cccc(Cl)c3Cl)ccc21. The first kappa shape index (κ1) is 19.9. The average Bonchev–Trinajstić information content (AvgIpc) is 2.62. The molecule has 0 amide bonds. The molecule has 0 saturated heterocycles. The van der Waals surface area contributed by atoms with E-state index in [1.807, 2.05) is 12.1 Å². The van der Waals surface area contributed by atoms with E-state index in [1.165, 1.54) is 17.7 Å². The maximum absolute atomic E-state index is 12.7. The zero-order chi connectivity index (χ0) is 20.4. The van der Waals surface area contributed by atoms with Crippen LogP contribution in [0.1, 0.15) is 18.1 Å². The summed E-state index contributed by atoms with van der Waals surface area (Å²) >= 11 is 12.3. The van der Waals surface area contributed by atoms with Gasteiger partial charge in [0.1, 0.15) is 5.78 Å². The van der Waals surface area contributed by atoms with Crippen LogP contribution in [0.25, 0.3) is 10.9 Å². The molecule has 0 unspecified atom stereocenters. The van der Waals surface area contributed by atoms with E-state index < -0.39 is 11.6 Å². The Labute approximate surface area is 169 Å². The van der Waals surface area contributed by atoms with Gasteiger partial charge < -0.3 is 14.4 Å². The molecule has 0 bridgehead atoms. The normalized spacial score (nSPS) is 10.8. The molecule has 8 heteroatoms. The largest absolute Gasteiger partial charge is 0.511 e. The van der Waals surface area contributed by atoms with Crippen LogP contribution < -0.4 is 10.2 Å². The number of pyridine rings is 1. The monoisotopic (exact) mass is 419 g/mol. The van der Waals surface area contributed by atoms with Crippen molar-refractivity contribution in [3.63, 3.8) is 0 Å². The second kappa shape index (κ2) is 8.04. The Kier molecular flexibility index (Phi) is 5.72. The van der Waals surface area contributed by atoms with Crippen molar-refractivity contribution >= 4 is 46.0 Å². The van der Waals surface area contributed by atoms with E-state index in [-0.39, 0.29) is 23.5 Å². The summed E-state index contributed by atoms with van der Waals surface area (Å²) in [5, 5.41) is 9.99. The number of carboxylic acid groups (broad SMARTS) is 1. The molecule has 1 N–H and O–H groups in total. The summed E-state index contributed by atoms with van der Waals surface area (Å²) in [6.07, 6.45) is 0.0480. The summed E-state index contributed by atoms with van der Waals surface area (Å²) < 4.78 is 6.10. The molecule has 6 nitrogen and oxygen atoms in total. The van der Waals surface area contributed by atoms with Gasteiger partial charge in [-0.15, -0.1) is 0 Å². The zero-order valence-electron chi connectivity index (χ0n) is 14.7. The van der Waals surface area contributed by atoms with Gasteiger partial charge in [0.15, 0.2) is 5.75 Å². The van der Waals surface area contributed by atoms with Crippen LogP contribution in [0.3, 0.4) is 0 Å². The fourth-order valence-corrected chi connectivity index (χ4v) is 3.36. The van der Waals surface area contributed by atoms with Crippen molar-refractivity contribution < 1.29 is 19.4 Å². The molecule has 28 heavy (non-hydrogen) atoms. The minimum atomic E-state index is -1.60. The Hall–Kier alpha value is -2.83. The molecule has 144 valence electrons. The molecule has 2 aromatic carbocycles. The average molecular weight is 420 g/mol. The zero-order valence-corrected chi connectivity index (χ0v) is 16.3. The van der Waals surface area contributed by atoms with Gasteiger partial charge in [-0.1, -0.05) is 41.4 Å². The van der Waals surface area contributed by atoms with E-state index in [2.05, 4.69) is 4.74 Å². The highest BCUT2D eigenvalue weighted by atomic mass is 35.5. The topological polar surface area (TPSA) is 85.6 Å². The first-order chi connectivity index (χ1) is 13.3. The number of hydrogen-bond acceptors (Lipinski definition) is 4. The van der Waals surface area contributed by atoms with Crippen molar-refractivity contribution in [2.45, 2.75) is 19.9 Å². The van der Waals surface area contributed by atoms with Gasteiger partial charge in [0, 0.05) is 5.39 Å². The molecule has 3 aromatic rings. The summed E-state index contributed by atoms with van der Waals surface area (Å²) in [4.78, 5) is 35.2. The first-order valence-electron chi connectivity index (χ1n) is 8.25. The van der Waals surface area contributed by atoms with Crippen molar-refractivity contribution in [3.8, 4) is 5.75 Å². The predicted molar refractivity (Wildman–Crippen MR) is 107 cm³/mol. The van der Waals surface area contributed by atoms with E-state index in [4.69, 9.17) is 28.3 Å². The lowest BCUT2D eigenvalue weighted by molar-refractivity contribution is -0.117. The Morgan fingerprint density at radius 2 is 1.93 bits per heavy atom. The van der Waals surface area contributed by atoms with Crippen LogP contribution in [-0.2, 0) is 17.8 Å². The number of Topliss-reactive ketones (excluding diaryl/α,β-unsaturated/α-hetero) is 1. The first-order valence-corrected chi connectivity index (χ1v) is 9.01. The number of carbonyl (C=O) groups is 2. The predicted octanol–water partition coefficient (Wildman–Crippen LogP) is 4.54. The van der Waals surface area contributed by atoms with Gasteiger partial charge >= 0.3 is 6.16 Å². The lowest BCUT2D eigenvalue weighted by Crippen LogP contribution is -2.18. The van der Waals surface area contributed by atoms with E-state index in [9.17, 15) is 14.4 Å². The van der Waals surface area contributed by atoms with Gasteiger partial charge in [-0.25, -0.2) is 4.79 Å². The molecule has 0 radical (unpaired) electrons. The molecule has 0 aliphatic heterocycles. The number of carbonyl (C=O) groups excluding carboxylic acids is 1. The molecule has 0 fully saturated rings. The van der Waals surface area contributed by atoms with Crippen molar-refractivity contribution in [3.05, 3.63) is 74.0 Å². The summed E-state index contributed by atoms with van der Waals surface area (Å²) in [6.45, 7) is 1.38. The van der Waals surface area contributed by atoms with Crippen molar-refractivity contribution in [1.82, 2.24) is 4.57 Å². The smallest absolute Gasteiger partial charge is 0.449 e. The molecule has 0 aliphatic rings. The molecule has 1 aromatic heterocycles. The number of rotatable bonds is 5. The van der Waals surface area contributed by atoms with Crippen LogP contribution in [0.15, 0.2) is 47.4 Å². The molecule has 1 heterocycles. The van der Waals surface area contributed by atoms with E-state index in [0.717, 1.165) is 11.1 Å². The highest BCUT2D eigenvalue weighted by Gasteiger charge is 2.15. The third-order valence-electron chi connectivity index (χ3n) is 4.13. The van der Waals surface area contributed by atoms with Crippen LogP contribution in [-0.4, -0.2) is 21.6 Å². The van der Waals surface area contributed by atoms with Gasteiger partial charge in [-0.3, -0.25) is 9.59 Å². The molecule has 0 atom stereocenters.